The van der Waals surface area contributed by atoms with E-state index in [2.05, 4.69) is 86.6 Å². The molecule has 20 heavy (non-hydrogen) atoms. The molecule has 1 heteroatoms. The summed E-state index contributed by atoms with van der Waals surface area (Å²) in [4.78, 5) is 2.10. The van der Waals surface area contributed by atoms with E-state index in [0.717, 1.165) is 0 Å². The van der Waals surface area contributed by atoms with E-state index in [9.17, 15) is 0 Å². The summed E-state index contributed by atoms with van der Waals surface area (Å²) in [6.07, 6.45) is 4.29. The molecule has 0 atom stereocenters. The molecule has 0 bridgehead atoms. The van der Waals surface area contributed by atoms with Crippen molar-refractivity contribution in [1.29, 1.82) is 0 Å². The fraction of sp³-hybridized carbons (Fsp3) is 0.263. The molecular weight excluding hydrogens is 242 g/mol. The molecule has 0 aliphatic rings. The van der Waals surface area contributed by atoms with Gasteiger partial charge in [-0.15, -0.1) is 0 Å². The van der Waals surface area contributed by atoms with Gasteiger partial charge < -0.3 is 4.90 Å². The van der Waals surface area contributed by atoms with E-state index in [1.165, 1.54) is 22.4 Å². The first kappa shape index (κ1) is 16.0. The van der Waals surface area contributed by atoms with E-state index >= 15 is 0 Å². The van der Waals surface area contributed by atoms with Crippen molar-refractivity contribution in [2.24, 2.45) is 0 Å². The molecule has 0 saturated heterocycles. The molecule has 0 saturated carbocycles. The van der Waals surface area contributed by atoms with Gasteiger partial charge in [0.25, 0.3) is 0 Å². The van der Waals surface area contributed by atoms with Crippen molar-refractivity contribution in [3.05, 3.63) is 65.2 Å². The van der Waals surface area contributed by atoms with Gasteiger partial charge in [-0.2, -0.15) is 0 Å². The van der Waals surface area contributed by atoms with Crippen molar-refractivity contribution < 1.29 is 0 Å². The summed E-state index contributed by atoms with van der Waals surface area (Å²) in [5.41, 5.74) is 4.98. The Balaban J connectivity index is 0.000000956. The number of aryl methyl sites for hydroxylation is 1. The molecule has 106 valence electrons. The average Bonchev–Trinajstić information content (AvgIpc) is 2.49. The van der Waals surface area contributed by atoms with Crippen molar-refractivity contribution in [3.63, 3.8) is 0 Å². The summed E-state index contributed by atoms with van der Waals surface area (Å²) in [7, 11) is 4.11. The van der Waals surface area contributed by atoms with Gasteiger partial charge in [0.2, 0.25) is 0 Å². The number of nitrogens with zero attached hydrogens (tertiary/aromatic N) is 1. The van der Waals surface area contributed by atoms with Gasteiger partial charge in [0.15, 0.2) is 0 Å². The fourth-order valence-corrected chi connectivity index (χ4v) is 1.75. The molecular formula is C19H25N. The Morgan fingerprint density at radius 2 is 1.10 bits per heavy atom. The van der Waals surface area contributed by atoms with Crippen LogP contribution in [0.25, 0.3) is 12.2 Å². The summed E-state index contributed by atoms with van der Waals surface area (Å²) in [5.74, 6) is 0. The highest BCUT2D eigenvalue weighted by atomic mass is 15.1. The zero-order valence-corrected chi connectivity index (χ0v) is 13.2. The van der Waals surface area contributed by atoms with Gasteiger partial charge in [-0.3, -0.25) is 0 Å². The van der Waals surface area contributed by atoms with E-state index in [0.29, 0.717) is 0 Å². The molecule has 0 radical (unpaired) electrons. The van der Waals surface area contributed by atoms with Crippen LogP contribution in [0.15, 0.2) is 48.5 Å². The molecule has 0 N–H and O–H groups in total. The maximum absolute atomic E-state index is 2.14. The zero-order chi connectivity index (χ0) is 15.0. The lowest BCUT2D eigenvalue weighted by Gasteiger charge is -2.11. The molecule has 2 aromatic carbocycles. The molecule has 0 fully saturated rings. The van der Waals surface area contributed by atoms with Gasteiger partial charge in [-0.1, -0.05) is 68.0 Å². The maximum Gasteiger partial charge on any atom is 0.0361 e. The molecule has 2 aromatic rings. The highest BCUT2D eigenvalue weighted by Gasteiger charge is 1.93. The summed E-state index contributed by atoms with van der Waals surface area (Å²) in [5, 5.41) is 0. The molecule has 0 amide bonds. The smallest absolute Gasteiger partial charge is 0.0361 e. The van der Waals surface area contributed by atoms with Crippen LogP contribution in [0.3, 0.4) is 0 Å². The van der Waals surface area contributed by atoms with Crippen LogP contribution in [0.2, 0.25) is 0 Å². The molecule has 0 aliphatic carbocycles. The second-order valence-electron chi connectivity index (χ2n) is 4.73. The van der Waals surface area contributed by atoms with Crippen molar-refractivity contribution >= 4 is 17.8 Å². The van der Waals surface area contributed by atoms with Crippen molar-refractivity contribution in [2.75, 3.05) is 19.0 Å². The second kappa shape index (κ2) is 8.21. The third-order valence-electron chi connectivity index (χ3n) is 2.96. The molecule has 0 heterocycles. The minimum atomic E-state index is 1.22. The average molecular weight is 267 g/mol. The van der Waals surface area contributed by atoms with Gasteiger partial charge in [0, 0.05) is 19.8 Å². The SMILES string of the molecule is CC.Cc1ccc(/C=C\c2ccc(N(C)C)cc2)cc1. The molecule has 0 spiro atoms. The minimum Gasteiger partial charge on any atom is -0.378 e. The van der Waals surface area contributed by atoms with Gasteiger partial charge in [0.05, 0.1) is 0 Å². The van der Waals surface area contributed by atoms with Crippen LogP contribution in [-0.4, -0.2) is 14.1 Å². The van der Waals surface area contributed by atoms with E-state index in [1.807, 2.05) is 13.8 Å². The van der Waals surface area contributed by atoms with E-state index < -0.39 is 0 Å². The Kier molecular flexibility index (Phi) is 6.58. The fourth-order valence-electron chi connectivity index (χ4n) is 1.75. The normalized spacial score (nSPS) is 10.1. The summed E-state index contributed by atoms with van der Waals surface area (Å²) in [6, 6.07) is 17.1. The van der Waals surface area contributed by atoms with Crippen molar-refractivity contribution in [3.8, 4) is 0 Å². The molecule has 0 aliphatic heterocycles. The number of rotatable bonds is 3. The third kappa shape index (κ3) is 4.93. The number of anilines is 1. The Morgan fingerprint density at radius 1 is 0.700 bits per heavy atom. The highest BCUT2D eigenvalue weighted by Crippen LogP contribution is 2.14. The predicted molar refractivity (Wildman–Crippen MR) is 92.2 cm³/mol. The third-order valence-corrected chi connectivity index (χ3v) is 2.96. The van der Waals surface area contributed by atoms with Crippen LogP contribution in [-0.2, 0) is 0 Å². The topological polar surface area (TPSA) is 3.24 Å². The van der Waals surface area contributed by atoms with Crippen LogP contribution in [0.5, 0.6) is 0 Å². The van der Waals surface area contributed by atoms with Crippen LogP contribution in [0.1, 0.15) is 30.5 Å². The number of hydrogen-bond acceptors (Lipinski definition) is 1. The Bertz CT molecular complexity index is 519. The molecule has 1 nitrogen and oxygen atoms in total. The monoisotopic (exact) mass is 267 g/mol. The Morgan fingerprint density at radius 3 is 1.50 bits per heavy atom. The number of hydrogen-bond donors (Lipinski definition) is 0. The Hall–Kier alpha value is -2.02. The second-order valence-corrected chi connectivity index (χ2v) is 4.73. The van der Waals surface area contributed by atoms with Crippen LogP contribution in [0, 0.1) is 6.92 Å². The lowest BCUT2D eigenvalue weighted by Crippen LogP contribution is -2.07. The van der Waals surface area contributed by atoms with Gasteiger partial charge in [-0.05, 0) is 30.2 Å². The van der Waals surface area contributed by atoms with E-state index in [1.54, 1.807) is 0 Å². The van der Waals surface area contributed by atoms with Crippen LogP contribution in [0.4, 0.5) is 5.69 Å². The standard InChI is InChI=1S/C17H19N.C2H6/c1-14-4-6-15(7-5-14)8-9-16-10-12-17(13-11-16)18(2)3;1-2/h4-13H,1-3H3;1-2H3/b9-8-;. The number of benzene rings is 2. The lowest BCUT2D eigenvalue weighted by atomic mass is 10.1. The predicted octanol–water partition coefficient (Wildman–Crippen LogP) is 5.26. The summed E-state index contributed by atoms with van der Waals surface area (Å²) < 4.78 is 0. The quantitative estimate of drug-likeness (QED) is 0.686. The zero-order valence-electron chi connectivity index (χ0n) is 13.2. The van der Waals surface area contributed by atoms with Crippen molar-refractivity contribution in [2.45, 2.75) is 20.8 Å². The lowest BCUT2D eigenvalue weighted by molar-refractivity contribution is 1.13. The molecule has 2 rings (SSSR count). The first-order valence-corrected chi connectivity index (χ1v) is 7.17. The first-order chi connectivity index (χ1) is 9.65. The Labute approximate surface area is 123 Å². The summed E-state index contributed by atoms with van der Waals surface area (Å²) in [6.45, 7) is 6.10. The minimum absolute atomic E-state index is 1.22. The van der Waals surface area contributed by atoms with Crippen molar-refractivity contribution in [1.82, 2.24) is 0 Å². The largest absolute Gasteiger partial charge is 0.378 e. The van der Waals surface area contributed by atoms with E-state index in [4.69, 9.17) is 0 Å². The highest BCUT2D eigenvalue weighted by molar-refractivity contribution is 5.70. The van der Waals surface area contributed by atoms with Gasteiger partial charge >= 0.3 is 0 Å². The summed E-state index contributed by atoms with van der Waals surface area (Å²) >= 11 is 0. The molecule has 0 unspecified atom stereocenters. The molecule has 0 aromatic heterocycles. The first-order valence-electron chi connectivity index (χ1n) is 7.17. The van der Waals surface area contributed by atoms with Gasteiger partial charge in [0.1, 0.15) is 0 Å². The van der Waals surface area contributed by atoms with Gasteiger partial charge in [-0.25, -0.2) is 0 Å². The van der Waals surface area contributed by atoms with Crippen LogP contribution >= 0.6 is 0 Å². The van der Waals surface area contributed by atoms with E-state index in [-0.39, 0.29) is 0 Å². The maximum atomic E-state index is 2.14. The van der Waals surface area contributed by atoms with Crippen LogP contribution < -0.4 is 4.90 Å².